The lowest BCUT2D eigenvalue weighted by atomic mass is 10.1. The van der Waals surface area contributed by atoms with Crippen molar-refractivity contribution < 1.29 is 23.3 Å². The maximum Gasteiger partial charge on any atom is 0.339 e. The molecule has 0 spiro atoms. The van der Waals surface area contributed by atoms with E-state index in [-0.39, 0.29) is 5.56 Å². The van der Waals surface area contributed by atoms with Crippen LogP contribution in [-0.4, -0.2) is 34.9 Å². The average Bonchev–Trinajstić information content (AvgIpc) is 2.66. The number of rotatable bonds is 6. The Kier molecular flexibility index (Phi) is 7.25. The van der Waals surface area contributed by atoms with Crippen molar-refractivity contribution in [1.29, 1.82) is 0 Å². The Balaban J connectivity index is 2.20. The Morgan fingerprint density at radius 2 is 1.67 bits per heavy atom. The molecule has 142 valence electrons. The molecule has 0 aliphatic carbocycles. The molecule has 0 aliphatic heterocycles. The minimum atomic E-state index is -1.29. The Labute approximate surface area is 159 Å². The zero-order valence-electron chi connectivity index (χ0n) is 14.9. The van der Waals surface area contributed by atoms with E-state index in [4.69, 9.17) is 4.74 Å². The number of ether oxygens (including phenoxy) is 1. The molecule has 2 aromatic carbocycles. The van der Waals surface area contributed by atoms with Crippen molar-refractivity contribution in [1.82, 2.24) is 10.6 Å². The quantitative estimate of drug-likeness (QED) is 0.739. The van der Waals surface area contributed by atoms with Crippen molar-refractivity contribution in [3.63, 3.8) is 0 Å². The third kappa shape index (κ3) is 5.75. The highest BCUT2D eigenvalue weighted by Crippen LogP contribution is 2.20. The number of urea groups is 1. The van der Waals surface area contributed by atoms with Crippen LogP contribution in [0.15, 0.2) is 59.5 Å². The molecule has 2 N–H and O–H groups in total. The van der Waals surface area contributed by atoms with Gasteiger partial charge in [0, 0.05) is 34.1 Å². The zero-order valence-corrected chi connectivity index (χ0v) is 15.7. The lowest BCUT2D eigenvalue weighted by molar-refractivity contribution is -0.129. The highest BCUT2D eigenvalue weighted by molar-refractivity contribution is 7.84. The van der Waals surface area contributed by atoms with Gasteiger partial charge in [0.15, 0.2) is 0 Å². The average molecular weight is 388 g/mol. The Bertz CT molecular complexity index is 837. The molecule has 0 radical (unpaired) electrons. The number of amides is 3. The SMILES string of the molecule is CCNC(=O)NC(=O)C(OC(=O)c1ccc(S(C)=O)cc1)c1ccccc1. The van der Waals surface area contributed by atoms with E-state index < -0.39 is 34.8 Å². The number of hydrogen-bond acceptors (Lipinski definition) is 5. The van der Waals surface area contributed by atoms with Crippen LogP contribution in [-0.2, 0) is 20.3 Å². The first-order valence-corrected chi connectivity index (χ1v) is 9.76. The van der Waals surface area contributed by atoms with Crippen LogP contribution in [0, 0.1) is 0 Å². The summed E-state index contributed by atoms with van der Waals surface area (Å²) in [5.74, 6) is -1.49. The first-order valence-electron chi connectivity index (χ1n) is 8.20. The summed E-state index contributed by atoms with van der Waals surface area (Å²) in [6, 6.07) is 13.8. The monoisotopic (exact) mass is 388 g/mol. The molecule has 0 saturated carbocycles. The lowest BCUT2D eigenvalue weighted by Crippen LogP contribution is -2.42. The van der Waals surface area contributed by atoms with Gasteiger partial charge in [-0.2, -0.15) is 0 Å². The Morgan fingerprint density at radius 3 is 2.22 bits per heavy atom. The van der Waals surface area contributed by atoms with Gasteiger partial charge in [0.05, 0.1) is 5.56 Å². The zero-order chi connectivity index (χ0) is 19.8. The highest BCUT2D eigenvalue weighted by atomic mass is 32.2. The van der Waals surface area contributed by atoms with Crippen LogP contribution in [0.5, 0.6) is 0 Å². The smallest absolute Gasteiger partial charge is 0.339 e. The molecular formula is C19H20N2O5S. The molecule has 2 rings (SSSR count). The van der Waals surface area contributed by atoms with E-state index in [0.29, 0.717) is 17.0 Å². The molecule has 8 heteroatoms. The van der Waals surface area contributed by atoms with Gasteiger partial charge in [0.2, 0.25) is 6.10 Å². The van der Waals surface area contributed by atoms with E-state index in [1.807, 2.05) is 0 Å². The number of carbonyl (C=O) groups excluding carboxylic acids is 3. The molecule has 0 heterocycles. The standard InChI is InChI=1S/C19H20N2O5S/c1-3-20-19(24)21-17(22)16(13-7-5-4-6-8-13)26-18(23)14-9-11-15(12-10-14)27(2)25/h4-12,16H,3H2,1-2H3,(H2,20,21,22,24). The molecule has 0 saturated heterocycles. The van der Waals surface area contributed by atoms with E-state index in [2.05, 4.69) is 10.6 Å². The molecule has 2 aromatic rings. The van der Waals surface area contributed by atoms with Gasteiger partial charge in [-0.15, -0.1) is 0 Å². The number of hydrogen-bond donors (Lipinski definition) is 2. The molecule has 3 amide bonds. The van der Waals surface area contributed by atoms with Crippen molar-refractivity contribution in [3.8, 4) is 0 Å². The van der Waals surface area contributed by atoms with Crippen molar-refractivity contribution in [3.05, 3.63) is 65.7 Å². The largest absolute Gasteiger partial charge is 0.444 e. The third-order valence-electron chi connectivity index (χ3n) is 3.56. The van der Waals surface area contributed by atoms with E-state index in [1.54, 1.807) is 49.4 Å². The Morgan fingerprint density at radius 1 is 1.04 bits per heavy atom. The van der Waals surface area contributed by atoms with Gasteiger partial charge in [0.25, 0.3) is 5.91 Å². The summed E-state index contributed by atoms with van der Waals surface area (Å²) in [6.45, 7) is 2.06. The molecule has 0 bridgehead atoms. The van der Waals surface area contributed by atoms with E-state index in [0.717, 1.165) is 0 Å². The van der Waals surface area contributed by atoms with Crippen LogP contribution in [0.2, 0.25) is 0 Å². The molecule has 0 aliphatic rings. The second-order valence-electron chi connectivity index (χ2n) is 5.52. The van der Waals surface area contributed by atoms with Crippen LogP contribution in [0.3, 0.4) is 0 Å². The van der Waals surface area contributed by atoms with Crippen molar-refractivity contribution in [2.75, 3.05) is 12.8 Å². The fourth-order valence-electron chi connectivity index (χ4n) is 2.24. The van der Waals surface area contributed by atoms with E-state index in [9.17, 15) is 18.6 Å². The second kappa shape index (κ2) is 9.63. The number of imide groups is 1. The predicted octanol–water partition coefficient (Wildman–Crippen LogP) is 2.17. The third-order valence-corrected chi connectivity index (χ3v) is 4.50. The molecule has 27 heavy (non-hydrogen) atoms. The van der Waals surface area contributed by atoms with E-state index >= 15 is 0 Å². The topological polar surface area (TPSA) is 102 Å². The van der Waals surface area contributed by atoms with Crippen LogP contribution in [0.25, 0.3) is 0 Å². The van der Waals surface area contributed by atoms with Crippen LogP contribution in [0.1, 0.15) is 28.9 Å². The normalized spacial score (nSPS) is 12.5. The number of esters is 1. The van der Waals surface area contributed by atoms with Crippen LogP contribution in [0.4, 0.5) is 4.79 Å². The first-order chi connectivity index (χ1) is 12.9. The Hall–Kier alpha value is -3.00. The fourth-order valence-corrected chi connectivity index (χ4v) is 2.76. The minimum absolute atomic E-state index is 0.205. The van der Waals surface area contributed by atoms with Gasteiger partial charge >= 0.3 is 12.0 Å². The van der Waals surface area contributed by atoms with Crippen LogP contribution >= 0.6 is 0 Å². The molecule has 0 fully saturated rings. The molecular weight excluding hydrogens is 368 g/mol. The summed E-state index contributed by atoms with van der Waals surface area (Å²) in [5.41, 5.74) is 0.634. The van der Waals surface area contributed by atoms with Gasteiger partial charge in [0.1, 0.15) is 0 Å². The van der Waals surface area contributed by atoms with Crippen molar-refractivity contribution >= 4 is 28.7 Å². The molecule has 7 nitrogen and oxygen atoms in total. The van der Waals surface area contributed by atoms with Gasteiger partial charge in [-0.05, 0) is 31.2 Å². The highest BCUT2D eigenvalue weighted by Gasteiger charge is 2.27. The van der Waals surface area contributed by atoms with Crippen molar-refractivity contribution in [2.24, 2.45) is 0 Å². The maximum absolute atomic E-state index is 12.4. The summed E-state index contributed by atoms with van der Waals surface area (Å²) in [7, 11) is -1.17. The number of benzene rings is 2. The molecule has 0 aromatic heterocycles. The van der Waals surface area contributed by atoms with Gasteiger partial charge in [-0.25, -0.2) is 9.59 Å². The summed E-state index contributed by atoms with van der Waals surface area (Å²) in [4.78, 5) is 37.1. The lowest BCUT2D eigenvalue weighted by Gasteiger charge is -2.17. The number of carbonyl (C=O) groups is 3. The van der Waals surface area contributed by atoms with E-state index in [1.165, 1.54) is 18.4 Å². The summed E-state index contributed by atoms with van der Waals surface area (Å²) in [6.07, 6.45) is 0.242. The number of nitrogens with one attached hydrogen (secondary N) is 2. The van der Waals surface area contributed by atoms with Gasteiger partial charge in [-0.1, -0.05) is 30.3 Å². The first kappa shape index (κ1) is 20.3. The molecule has 2 atom stereocenters. The summed E-state index contributed by atoms with van der Waals surface area (Å²) >= 11 is 0. The second-order valence-corrected chi connectivity index (χ2v) is 6.90. The maximum atomic E-state index is 12.4. The van der Waals surface area contributed by atoms with Crippen LogP contribution < -0.4 is 10.6 Å². The van der Waals surface area contributed by atoms with Crippen molar-refractivity contribution in [2.45, 2.75) is 17.9 Å². The molecule has 2 unspecified atom stereocenters. The predicted molar refractivity (Wildman–Crippen MR) is 101 cm³/mol. The summed E-state index contributed by atoms with van der Waals surface area (Å²) in [5, 5.41) is 4.60. The fraction of sp³-hybridized carbons (Fsp3) is 0.211. The van der Waals surface area contributed by atoms with Gasteiger partial charge in [-0.3, -0.25) is 14.3 Å². The van der Waals surface area contributed by atoms with Gasteiger partial charge < -0.3 is 10.1 Å². The minimum Gasteiger partial charge on any atom is -0.444 e. The summed E-state index contributed by atoms with van der Waals surface area (Å²) < 4.78 is 16.8.